The molecule has 0 radical (unpaired) electrons. The largest absolute Gasteiger partial charge is 0.383 e. The van der Waals surface area contributed by atoms with Crippen LogP contribution >= 0.6 is 0 Å². The fraction of sp³-hybridized carbons (Fsp3) is 0.312. The van der Waals surface area contributed by atoms with Crippen LogP contribution in [0.2, 0.25) is 0 Å². The van der Waals surface area contributed by atoms with E-state index >= 15 is 0 Å². The number of nitrogens with zero attached hydrogens (tertiary/aromatic N) is 2. The molecule has 0 atom stereocenters. The summed E-state index contributed by atoms with van der Waals surface area (Å²) in [4.78, 5) is 4.22. The van der Waals surface area contributed by atoms with Crippen LogP contribution in [-0.2, 0) is 21.3 Å². The molecule has 0 N–H and O–H groups in total. The molecule has 124 valence electrons. The molecule has 7 heteroatoms. The third-order valence-corrected chi connectivity index (χ3v) is 5.22. The van der Waals surface area contributed by atoms with Crippen LogP contribution in [0.15, 0.2) is 47.5 Å². The molecule has 23 heavy (non-hydrogen) atoms. The molecule has 0 unspecified atom stereocenters. The summed E-state index contributed by atoms with van der Waals surface area (Å²) in [6.45, 7) is 2.10. The Kier molecular flexibility index (Phi) is 5.81. The molecular formula is C16H19FN2O3S. The molecule has 5 nitrogen and oxygen atoms in total. The topological polar surface area (TPSA) is 59.5 Å². The van der Waals surface area contributed by atoms with Gasteiger partial charge in [-0.25, -0.2) is 12.8 Å². The minimum Gasteiger partial charge on any atom is -0.383 e. The summed E-state index contributed by atoms with van der Waals surface area (Å²) in [5, 5.41) is 0. The second-order valence-corrected chi connectivity index (χ2v) is 7.00. The van der Waals surface area contributed by atoms with Crippen molar-refractivity contribution in [3.63, 3.8) is 0 Å². The maximum atomic E-state index is 13.4. The number of hydrogen-bond donors (Lipinski definition) is 0. The molecule has 0 bridgehead atoms. The Morgan fingerprint density at radius 3 is 2.65 bits per heavy atom. The normalized spacial score (nSPS) is 11.8. The first-order valence-electron chi connectivity index (χ1n) is 7.10. The number of halogens is 1. The van der Waals surface area contributed by atoms with E-state index in [1.807, 2.05) is 0 Å². The Labute approximate surface area is 135 Å². The highest BCUT2D eigenvalue weighted by Gasteiger charge is 2.25. The highest BCUT2D eigenvalue weighted by atomic mass is 32.2. The van der Waals surface area contributed by atoms with Gasteiger partial charge in [0.1, 0.15) is 5.82 Å². The molecule has 1 aromatic heterocycles. The van der Waals surface area contributed by atoms with Crippen LogP contribution in [0.25, 0.3) is 0 Å². The van der Waals surface area contributed by atoms with Crippen molar-refractivity contribution in [2.45, 2.75) is 18.4 Å². The van der Waals surface area contributed by atoms with Crippen LogP contribution in [0.3, 0.4) is 0 Å². The lowest BCUT2D eigenvalue weighted by Gasteiger charge is -2.22. The second-order valence-electron chi connectivity index (χ2n) is 5.06. The minimum atomic E-state index is -3.76. The summed E-state index contributed by atoms with van der Waals surface area (Å²) in [6, 6.07) is 9.09. The zero-order valence-electron chi connectivity index (χ0n) is 13.1. The number of ether oxygens (including phenoxy) is 1. The quantitative estimate of drug-likeness (QED) is 0.778. The predicted octanol–water partition coefficient (Wildman–Crippen LogP) is 2.37. The maximum Gasteiger partial charge on any atom is 0.243 e. The first-order chi connectivity index (χ1) is 10.9. The van der Waals surface area contributed by atoms with Gasteiger partial charge < -0.3 is 4.74 Å². The molecule has 2 aromatic rings. The SMILES string of the molecule is COCCN(Cc1ccccn1)S(=O)(=O)c1ccc(F)c(C)c1. The van der Waals surface area contributed by atoms with Gasteiger partial charge in [-0.3, -0.25) is 4.98 Å². The first-order valence-corrected chi connectivity index (χ1v) is 8.54. The maximum absolute atomic E-state index is 13.4. The molecule has 1 heterocycles. The molecule has 0 saturated carbocycles. The number of pyridine rings is 1. The summed E-state index contributed by atoms with van der Waals surface area (Å²) in [7, 11) is -2.26. The van der Waals surface area contributed by atoms with Crippen molar-refractivity contribution in [1.82, 2.24) is 9.29 Å². The molecule has 0 aliphatic rings. The number of aryl methyl sites for hydroxylation is 1. The first kappa shape index (κ1) is 17.5. The third-order valence-electron chi connectivity index (χ3n) is 3.38. The average Bonchev–Trinajstić information content (AvgIpc) is 2.54. The summed E-state index contributed by atoms with van der Waals surface area (Å²) in [6.07, 6.45) is 1.61. The van der Waals surface area contributed by atoms with Gasteiger partial charge in [-0.2, -0.15) is 4.31 Å². The Morgan fingerprint density at radius 2 is 2.04 bits per heavy atom. The van der Waals surface area contributed by atoms with E-state index in [9.17, 15) is 12.8 Å². The van der Waals surface area contributed by atoms with E-state index in [2.05, 4.69) is 4.98 Å². The average molecular weight is 338 g/mol. The molecular weight excluding hydrogens is 319 g/mol. The van der Waals surface area contributed by atoms with Gasteiger partial charge in [-0.15, -0.1) is 0 Å². The van der Waals surface area contributed by atoms with Crippen LogP contribution in [0.4, 0.5) is 4.39 Å². The van der Waals surface area contributed by atoms with Crippen LogP contribution < -0.4 is 0 Å². The van der Waals surface area contributed by atoms with Crippen LogP contribution in [0.1, 0.15) is 11.3 Å². The lowest BCUT2D eigenvalue weighted by molar-refractivity contribution is 0.177. The van der Waals surface area contributed by atoms with Gasteiger partial charge in [0, 0.05) is 19.9 Å². The summed E-state index contributed by atoms with van der Waals surface area (Å²) < 4.78 is 45.3. The van der Waals surface area contributed by atoms with Gasteiger partial charge in [0.25, 0.3) is 0 Å². The van der Waals surface area contributed by atoms with E-state index in [0.717, 1.165) is 6.07 Å². The second kappa shape index (κ2) is 7.63. The number of hydrogen-bond acceptors (Lipinski definition) is 4. The van der Waals surface area contributed by atoms with Crippen molar-refractivity contribution >= 4 is 10.0 Å². The molecule has 0 aliphatic heterocycles. The fourth-order valence-corrected chi connectivity index (χ4v) is 3.56. The van der Waals surface area contributed by atoms with Crippen molar-refractivity contribution in [2.75, 3.05) is 20.3 Å². The Morgan fingerprint density at radius 1 is 1.26 bits per heavy atom. The van der Waals surface area contributed by atoms with E-state index in [-0.39, 0.29) is 30.2 Å². The number of benzene rings is 1. The summed E-state index contributed by atoms with van der Waals surface area (Å²) in [5.41, 5.74) is 0.918. The van der Waals surface area contributed by atoms with E-state index in [1.54, 1.807) is 24.4 Å². The molecule has 0 amide bonds. The van der Waals surface area contributed by atoms with E-state index in [0.29, 0.717) is 5.69 Å². The number of rotatable bonds is 7. The van der Waals surface area contributed by atoms with Gasteiger partial charge in [0.2, 0.25) is 10.0 Å². The Balaban J connectivity index is 2.34. The lowest BCUT2D eigenvalue weighted by atomic mass is 10.2. The molecule has 0 spiro atoms. The van der Waals surface area contributed by atoms with Crippen molar-refractivity contribution in [3.8, 4) is 0 Å². The zero-order valence-corrected chi connectivity index (χ0v) is 13.9. The van der Waals surface area contributed by atoms with Crippen molar-refractivity contribution < 1.29 is 17.5 Å². The molecule has 0 saturated heterocycles. The van der Waals surface area contributed by atoms with E-state index in [1.165, 1.54) is 30.5 Å². The van der Waals surface area contributed by atoms with E-state index < -0.39 is 15.8 Å². The Bertz CT molecular complexity index is 751. The number of aromatic nitrogens is 1. The third kappa shape index (κ3) is 4.34. The molecule has 2 rings (SSSR count). The molecule has 0 aliphatic carbocycles. The van der Waals surface area contributed by atoms with Gasteiger partial charge >= 0.3 is 0 Å². The van der Waals surface area contributed by atoms with Gasteiger partial charge in [-0.05, 0) is 42.8 Å². The zero-order chi connectivity index (χ0) is 16.9. The lowest BCUT2D eigenvalue weighted by Crippen LogP contribution is -2.33. The van der Waals surface area contributed by atoms with Gasteiger partial charge in [-0.1, -0.05) is 6.07 Å². The standard InChI is InChI=1S/C16H19FN2O3S/c1-13-11-15(6-7-16(13)17)23(20,21)19(9-10-22-2)12-14-5-3-4-8-18-14/h3-8,11H,9-10,12H2,1-2H3. The fourth-order valence-electron chi connectivity index (χ4n) is 2.08. The van der Waals surface area contributed by atoms with Crippen molar-refractivity contribution in [2.24, 2.45) is 0 Å². The van der Waals surface area contributed by atoms with Crippen LogP contribution in [0.5, 0.6) is 0 Å². The Hall–Kier alpha value is -1.83. The molecule has 0 fully saturated rings. The highest BCUT2D eigenvalue weighted by Crippen LogP contribution is 2.20. The van der Waals surface area contributed by atoms with Crippen molar-refractivity contribution in [1.29, 1.82) is 0 Å². The summed E-state index contributed by atoms with van der Waals surface area (Å²) >= 11 is 0. The van der Waals surface area contributed by atoms with Crippen LogP contribution in [-0.4, -0.2) is 38.0 Å². The van der Waals surface area contributed by atoms with Crippen LogP contribution in [0, 0.1) is 12.7 Å². The minimum absolute atomic E-state index is 0.0587. The highest BCUT2D eigenvalue weighted by molar-refractivity contribution is 7.89. The van der Waals surface area contributed by atoms with E-state index in [4.69, 9.17) is 4.74 Å². The van der Waals surface area contributed by atoms with Gasteiger partial charge in [0.15, 0.2) is 0 Å². The van der Waals surface area contributed by atoms with Gasteiger partial charge in [0.05, 0.1) is 23.7 Å². The predicted molar refractivity (Wildman–Crippen MR) is 84.8 cm³/mol. The molecule has 1 aromatic carbocycles. The summed E-state index contributed by atoms with van der Waals surface area (Å²) in [5.74, 6) is -0.433. The number of sulfonamides is 1. The number of methoxy groups -OCH3 is 1. The van der Waals surface area contributed by atoms with Crippen molar-refractivity contribution in [3.05, 3.63) is 59.7 Å². The smallest absolute Gasteiger partial charge is 0.243 e. The monoisotopic (exact) mass is 338 g/mol.